The Morgan fingerprint density at radius 2 is 1.87 bits per heavy atom. The molecule has 1 aliphatic rings. The molecule has 1 N–H and O–H groups in total. The molecule has 4 rings (SSSR count). The van der Waals surface area contributed by atoms with E-state index in [0.29, 0.717) is 23.3 Å². The zero-order valence-corrected chi connectivity index (χ0v) is 17.5. The summed E-state index contributed by atoms with van der Waals surface area (Å²) in [4.78, 5) is 25.9. The van der Waals surface area contributed by atoms with Crippen molar-refractivity contribution in [1.29, 1.82) is 0 Å². The van der Waals surface area contributed by atoms with Crippen molar-refractivity contribution in [3.63, 3.8) is 0 Å². The van der Waals surface area contributed by atoms with Gasteiger partial charge in [-0.25, -0.2) is 0 Å². The van der Waals surface area contributed by atoms with Crippen LogP contribution in [-0.4, -0.2) is 30.6 Å². The van der Waals surface area contributed by atoms with Crippen LogP contribution in [0.5, 0.6) is 11.5 Å². The summed E-state index contributed by atoms with van der Waals surface area (Å²) >= 11 is 0. The SMILES string of the molecule is CCOC(=O)C1C(=O)C=C(c2ccc(OC)cc2O)CC1c1cccc2ccccc12. The van der Waals surface area contributed by atoms with Crippen molar-refractivity contribution in [3.8, 4) is 11.5 Å². The normalized spacial score (nSPS) is 18.5. The number of allylic oxidation sites excluding steroid dienone is 2. The molecular formula is C26H24O5. The molecule has 5 nitrogen and oxygen atoms in total. The highest BCUT2D eigenvalue weighted by molar-refractivity contribution is 6.11. The maximum atomic E-state index is 13.2. The van der Waals surface area contributed by atoms with Crippen molar-refractivity contribution >= 4 is 28.1 Å². The fourth-order valence-corrected chi connectivity index (χ4v) is 4.35. The van der Waals surface area contributed by atoms with Crippen molar-refractivity contribution < 1.29 is 24.2 Å². The van der Waals surface area contributed by atoms with Gasteiger partial charge in [-0.15, -0.1) is 0 Å². The zero-order chi connectivity index (χ0) is 22.0. The number of benzene rings is 3. The summed E-state index contributed by atoms with van der Waals surface area (Å²) in [5.74, 6) is -1.59. The number of esters is 1. The average Bonchev–Trinajstić information content (AvgIpc) is 2.78. The molecule has 1 aliphatic carbocycles. The van der Waals surface area contributed by atoms with Crippen LogP contribution in [0.1, 0.15) is 30.4 Å². The van der Waals surface area contributed by atoms with Gasteiger partial charge < -0.3 is 14.6 Å². The number of phenolic OH excluding ortho intramolecular Hbond substituents is 1. The molecular weight excluding hydrogens is 392 g/mol. The molecule has 5 heteroatoms. The highest BCUT2D eigenvalue weighted by atomic mass is 16.5. The lowest BCUT2D eigenvalue weighted by molar-refractivity contribution is -0.151. The Hall–Kier alpha value is -3.60. The zero-order valence-electron chi connectivity index (χ0n) is 17.5. The highest BCUT2D eigenvalue weighted by Crippen LogP contribution is 2.44. The van der Waals surface area contributed by atoms with Crippen molar-refractivity contribution in [2.24, 2.45) is 5.92 Å². The molecule has 2 atom stereocenters. The number of rotatable bonds is 5. The average molecular weight is 416 g/mol. The van der Waals surface area contributed by atoms with Crippen LogP contribution in [0.2, 0.25) is 0 Å². The first-order valence-electron chi connectivity index (χ1n) is 10.3. The summed E-state index contributed by atoms with van der Waals surface area (Å²) in [6.45, 7) is 1.94. The van der Waals surface area contributed by atoms with Crippen molar-refractivity contribution in [3.05, 3.63) is 77.9 Å². The first-order valence-corrected chi connectivity index (χ1v) is 10.3. The van der Waals surface area contributed by atoms with Crippen molar-refractivity contribution in [2.45, 2.75) is 19.3 Å². The Labute approximate surface area is 180 Å². The van der Waals surface area contributed by atoms with E-state index >= 15 is 0 Å². The molecule has 0 saturated heterocycles. The van der Waals surface area contributed by atoms with Crippen molar-refractivity contribution in [2.75, 3.05) is 13.7 Å². The Morgan fingerprint density at radius 1 is 1.10 bits per heavy atom. The second-order valence-electron chi connectivity index (χ2n) is 7.56. The van der Waals surface area contributed by atoms with E-state index in [1.807, 2.05) is 42.5 Å². The molecule has 3 aromatic carbocycles. The van der Waals surface area contributed by atoms with E-state index in [2.05, 4.69) is 0 Å². The number of fused-ring (bicyclic) bond motifs is 1. The first-order chi connectivity index (χ1) is 15.0. The van der Waals surface area contributed by atoms with Crippen LogP contribution in [-0.2, 0) is 14.3 Å². The summed E-state index contributed by atoms with van der Waals surface area (Å²) in [5, 5.41) is 12.6. The van der Waals surface area contributed by atoms with Gasteiger partial charge >= 0.3 is 5.97 Å². The number of ketones is 1. The predicted molar refractivity (Wildman–Crippen MR) is 119 cm³/mol. The molecule has 0 aromatic heterocycles. The topological polar surface area (TPSA) is 72.8 Å². The van der Waals surface area contributed by atoms with E-state index in [4.69, 9.17) is 9.47 Å². The summed E-state index contributed by atoms with van der Waals surface area (Å²) in [5.41, 5.74) is 2.16. The van der Waals surface area contributed by atoms with E-state index in [-0.39, 0.29) is 18.1 Å². The lowest BCUT2D eigenvalue weighted by Gasteiger charge is -2.30. The summed E-state index contributed by atoms with van der Waals surface area (Å²) in [6, 6.07) is 18.8. The molecule has 0 bridgehead atoms. The van der Waals surface area contributed by atoms with Gasteiger partial charge in [-0.05, 0) is 53.5 Å². The molecule has 0 amide bonds. The minimum absolute atomic E-state index is 0.0321. The molecule has 31 heavy (non-hydrogen) atoms. The number of aromatic hydroxyl groups is 1. The number of methoxy groups -OCH3 is 1. The van der Waals surface area contributed by atoms with Crippen LogP contribution in [0.3, 0.4) is 0 Å². The number of phenols is 1. The number of hydrogen-bond donors (Lipinski definition) is 1. The Kier molecular flexibility index (Phi) is 5.76. The molecule has 0 heterocycles. The summed E-state index contributed by atoms with van der Waals surface area (Å²) in [7, 11) is 1.53. The maximum absolute atomic E-state index is 13.2. The van der Waals surface area contributed by atoms with Crippen LogP contribution in [0.4, 0.5) is 0 Å². The number of ether oxygens (including phenoxy) is 2. The molecule has 0 spiro atoms. The predicted octanol–water partition coefficient (Wildman–Crippen LogP) is 4.87. The standard InChI is InChI=1S/C26H24O5/c1-3-31-26(29)25-22(21-10-6-8-16-7-4-5-9-19(16)21)13-17(14-24(25)28)20-12-11-18(30-2)15-23(20)27/h4-12,14-15,22,25,27H,3,13H2,1-2H3. The molecule has 0 saturated carbocycles. The lowest BCUT2D eigenvalue weighted by atomic mass is 9.72. The minimum atomic E-state index is -0.921. The van der Waals surface area contributed by atoms with Crippen molar-refractivity contribution in [1.82, 2.24) is 0 Å². The Balaban J connectivity index is 1.84. The van der Waals surface area contributed by atoms with Gasteiger partial charge in [0, 0.05) is 17.5 Å². The number of hydrogen-bond acceptors (Lipinski definition) is 5. The highest BCUT2D eigenvalue weighted by Gasteiger charge is 2.40. The molecule has 0 aliphatic heterocycles. The number of carbonyl (C=O) groups excluding carboxylic acids is 2. The second kappa shape index (κ2) is 8.64. The van der Waals surface area contributed by atoms with Gasteiger partial charge in [-0.2, -0.15) is 0 Å². The first kappa shape index (κ1) is 20.7. The van der Waals surface area contributed by atoms with Crippen LogP contribution < -0.4 is 4.74 Å². The van der Waals surface area contributed by atoms with Gasteiger partial charge in [0.15, 0.2) is 5.78 Å². The molecule has 2 unspecified atom stereocenters. The largest absolute Gasteiger partial charge is 0.507 e. The Bertz CT molecular complexity index is 1170. The molecule has 0 radical (unpaired) electrons. The van der Waals surface area contributed by atoms with Crippen LogP contribution in [0.25, 0.3) is 16.3 Å². The van der Waals surface area contributed by atoms with Gasteiger partial charge in [-0.3, -0.25) is 9.59 Å². The van der Waals surface area contributed by atoms with Gasteiger partial charge in [0.2, 0.25) is 0 Å². The van der Waals surface area contributed by atoms with Crippen LogP contribution in [0, 0.1) is 5.92 Å². The fourth-order valence-electron chi connectivity index (χ4n) is 4.35. The molecule has 158 valence electrons. The quantitative estimate of drug-likeness (QED) is 0.474. The van der Waals surface area contributed by atoms with Crippen LogP contribution >= 0.6 is 0 Å². The van der Waals surface area contributed by atoms with E-state index in [1.165, 1.54) is 19.3 Å². The second-order valence-corrected chi connectivity index (χ2v) is 7.56. The maximum Gasteiger partial charge on any atom is 0.317 e. The number of carbonyl (C=O) groups is 2. The van der Waals surface area contributed by atoms with Gasteiger partial charge in [0.25, 0.3) is 0 Å². The monoisotopic (exact) mass is 416 g/mol. The third-order valence-electron chi connectivity index (χ3n) is 5.78. The molecule has 3 aromatic rings. The fraction of sp³-hybridized carbons (Fsp3) is 0.231. The van der Waals surface area contributed by atoms with E-state index in [0.717, 1.165) is 16.3 Å². The van der Waals surface area contributed by atoms with Gasteiger partial charge in [0.05, 0.1) is 13.7 Å². The van der Waals surface area contributed by atoms with E-state index < -0.39 is 17.8 Å². The third-order valence-corrected chi connectivity index (χ3v) is 5.78. The smallest absolute Gasteiger partial charge is 0.317 e. The van der Waals surface area contributed by atoms with Gasteiger partial charge in [-0.1, -0.05) is 42.5 Å². The van der Waals surface area contributed by atoms with E-state index in [1.54, 1.807) is 19.1 Å². The third kappa shape index (κ3) is 3.91. The van der Waals surface area contributed by atoms with Crippen LogP contribution in [0.15, 0.2) is 66.7 Å². The lowest BCUT2D eigenvalue weighted by Crippen LogP contribution is -2.34. The van der Waals surface area contributed by atoms with E-state index in [9.17, 15) is 14.7 Å². The Morgan fingerprint density at radius 3 is 2.61 bits per heavy atom. The van der Waals surface area contributed by atoms with Gasteiger partial charge in [0.1, 0.15) is 17.4 Å². The summed E-state index contributed by atoms with van der Waals surface area (Å²) < 4.78 is 10.4. The molecule has 0 fully saturated rings. The minimum Gasteiger partial charge on any atom is -0.507 e. The summed E-state index contributed by atoms with van der Waals surface area (Å²) in [6.07, 6.45) is 1.88.